The van der Waals surface area contributed by atoms with Crippen molar-refractivity contribution in [3.63, 3.8) is 0 Å². The highest BCUT2D eigenvalue weighted by Crippen LogP contribution is 2.22. The third-order valence-electron chi connectivity index (χ3n) is 4.68. The topological polar surface area (TPSA) is 75.3 Å². The van der Waals surface area contributed by atoms with E-state index in [1.165, 1.54) is 0 Å². The number of hydrogen-bond donors (Lipinski definition) is 2. The molecule has 138 valence electrons. The molecule has 0 unspecified atom stereocenters. The maximum absolute atomic E-state index is 13.0. The summed E-state index contributed by atoms with van der Waals surface area (Å²) in [6.07, 6.45) is 0.530. The summed E-state index contributed by atoms with van der Waals surface area (Å²) in [6.45, 7) is 3.93. The highest BCUT2D eigenvalue weighted by molar-refractivity contribution is 7.91. The van der Waals surface area contributed by atoms with Crippen LogP contribution in [0.3, 0.4) is 0 Å². The van der Waals surface area contributed by atoms with Crippen LogP contribution in [0.25, 0.3) is 0 Å². The smallest absolute Gasteiger partial charge is 0.246 e. The van der Waals surface area contributed by atoms with Crippen LogP contribution in [0.2, 0.25) is 0 Å². The van der Waals surface area contributed by atoms with E-state index in [0.717, 1.165) is 22.4 Å². The molecule has 0 bridgehead atoms. The minimum absolute atomic E-state index is 0.0765. The van der Waals surface area contributed by atoms with Gasteiger partial charge in [0.25, 0.3) is 0 Å². The Labute approximate surface area is 154 Å². The number of hydrogen-bond acceptors (Lipinski definition) is 4. The molecule has 1 amide bonds. The lowest BCUT2D eigenvalue weighted by Crippen LogP contribution is -2.40. The van der Waals surface area contributed by atoms with E-state index in [2.05, 4.69) is 10.6 Å². The minimum Gasteiger partial charge on any atom is -0.324 e. The third kappa shape index (κ3) is 4.51. The monoisotopic (exact) mass is 372 g/mol. The summed E-state index contributed by atoms with van der Waals surface area (Å²) in [5.74, 6) is 0.0620. The zero-order valence-electron chi connectivity index (χ0n) is 15.0. The first-order valence-corrected chi connectivity index (χ1v) is 10.6. The first kappa shape index (κ1) is 18.6. The zero-order chi connectivity index (χ0) is 18.7. The Morgan fingerprint density at radius 1 is 1.12 bits per heavy atom. The maximum Gasteiger partial charge on any atom is 0.246 e. The van der Waals surface area contributed by atoms with Gasteiger partial charge >= 0.3 is 0 Å². The number of sulfone groups is 1. The van der Waals surface area contributed by atoms with Gasteiger partial charge in [0.15, 0.2) is 9.84 Å². The summed E-state index contributed by atoms with van der Waals surface area (Å²) >= 11 is 0. The fourth-order valence-corrected chi connectivity index (χ4v) is 4.89. The molecular weight excluding hydrogens is 348 g/mol. The summed E-state index contributed by atoms with van der Waals surface area (Å²) in [6, 6.07) is 14.5. The Balaban J connectivity index is 1.83. The number of nitrogens with one attached hydrogen (secondary N) is 2. The lowest BCUT2D eigenvalue weighted by atomic mass is 10.0. The summed E-state index contributed by atoms with van der Waals surface area (Å²) in [7, 11) is -3.01. The van der Waals surface area contributed by atoms with Gasteiger partial charge in [0, 0.05) is 11.7 Å². The Hall–Kier alpha value is -2.18. The van der Waals surface area contributed by atoms with Gasteiger partial charge in [-0.25, -0.2) is 8.42 Å². The average Bonchev–Trinajstić information content (AvgIpc) is 2.95. The maximum atomic E-state index is 13.0. The van der Waals surface area contributed by atoms with Crippen molar-refractivity contribution in [2.24, 2.45) is 0 Å². The molecule has 2 atom stereocenters. The zero-order valence-corrected chi connectivity index (χ0v) is 15.8. The highest BCUT2D eigenvalue weighted by Gasteiger charge is 2.32. The number of carbonyl (C=O) groups excluding carboxylic acids is 1. The molecular formula is C20H24N2O3S. The molecule has 2 aromatic carbocycles. The summed E-state index contributed by atoms with van der Waals surface area (Å²) in [4.78, 5) is 13.0. The Kier molecular flexibility index (Phi) is 5.44. The van der Waals surface area contributed by atoms with Crippen molar-refractivity contribution in [2.45, 2.75) is 32.4 Å². The van der Waals surface area contributed by atoms with Crippen LogP contribution in [0.1, 0.15) is 29.2 Å². The lowest BCUT2D eigenvalue weighted by molar-refractivity contribution is -0.118. The SMILES string of the molecule is Cc1ccc(C)c(NC(=O)[C@H](N[C@@H]2CCS(=O)(=O)C2)c2ccccc2)c1. The second kappa shape index (κ2) is 7.60. The molecule has 1 heterocycles. The lowest BCUT2D eigenvalue weighted by Gasteiger charge is -2.23. The van der Waals surface area contributed by atoms with E-state index < -0.39 is 15.9 Å². The standard InChI is InChI=1S/C20H24N2O3S/c1-14-8-9-15(2)18(12-14)22-20(23)19(16-6-4-3-5-7-16)21-17-10-11-26(24,25)13-17/h3-9,12,17,19,21H,10-11,13H2,1-2H3,(H,22,23)/t17-,19-/m1/s1. The largest absolute Gasteiger partial charge is 0.324 e. The fraction of sp³-hybridized carbons (Fsp3) is 0.350. The van der Waals surface area contributed by atoms with Crippen LogP contribution in [0, 0.1) is 13.8 Å². The molecule has 0 aromatic heterocycles. The normalized spacial score (nSPS) is 19.8. The van der Waals surface area contributed by atoms with Crippen LogP contribution < -0.4 is 10.6 Å². The molecule has 1 aliphatic rings. The van der Waals surface area contributed by atoms with E-state index >= 15 is 0 Å². The molecule has 26 heavy (non-hydrogen) atoms. The van der Waals surface area contributed by atoms with Gasteiger partial charge in [-0.3, -0.25) is 10.1 Å². The number of amides is 1. The van der Waals surface area contributed by atoms with Gasteiger partial charge in [0.2, 0.25) is 5.91 Å². The van der Waals surface area contributed by atoms with Crippen molar-refractivity contribution in [1.29, 1.82) is 0 Å². The number of benzene rings is 2. The van der Waals surface area contributed by atoms with E-state index in [1.54, 1.807) is 0 Å². The number of rotatable bonds is 5. The minimum atomic E-state index is -3.01. The van der Waals surface area contributed by atoms with E-state index in [9.17, 15) is 13.2 Å². The molecule has 0 aliphatic carbocycles. The predicted octanol–water partition coefficient (Wildman–Crippen LogP) is 2.76. The molecule has 0 saturated carbocycles. The molecule has 3 rings (SSSR count). The van der Waals surface area contributed by atoms with Gasteiger partial charge in [-0.05, 0) is 43.0 Å². The van der Waals surface area contributed by atoms with Gasteiger partial charge < -0.3 is 5.32 Å². The van der Waals surface area contributed by atoms with Crippen molar-refractivity contribution in [1.82, 2.24) is 5.32 Å². The van der Waals surface area contributed by atoms with E-state index in [0.29, 0.717) is 6.42 Å². The Morgan fingerprint density at radius 2 is 1.85 bits per heavy atom. The molecule has 1 aliphatic heterocycles. The quantitative estimate of drug-likeness (QED) is 0.846. The van der Waals surface area contributed by atoms with Crippen molar-refractivity contribution in [3.8, 4) is 0 Å². The first-order chi connectivity index (χ1) is 12.3. The van der Waals surface area contributed by atoms with Crippen molar-refractivity contribution >= 4 is 21.4 Å². The van der Waals surface area contributed by atoms with Gasteiger partial charge in [-0.2, -0.15) is 0 Å². The summed E-state index contributed by atoms with van der Waals surface area (Å²) < 4.78 is 23.5. The second-order valence-corrected chi connectivity index (χ2v) is 9.15. The molecule has 2 N–H and O–H groups in total. The van der Waals surface area contributed by atoms with Gasteiger partial charge in [0.05, 0.1) is 11.5 Å². The fourth-order valence-electron chi connectivity index (χ4n) is 3.21. The van der Waals surface area contributed by atoms with Crippen LogP contribution in [0.4, 0.5) is 5.69 Å². The van der Waals surface area contributed by atoms with Gasteiger partial charge in [-0.15, -0.1) is 0 Å². The predicted molar refractivity (Wildman–Crippen MR) is 104 cm³/mol. The average molecular weight is 372 g/mol. The van der Waals surface area contributed by atoms with Crippen LogP contribution in [-0.4, -0.2) is 31.9 Å². The van der Waals surface area contributed by atoms with Crippen LogP contribution in [-0.2, 0) is 14.6 Å². The van der Waals surface area contributed by atoms with E-state index in [1.807, 2.05) is 62.4 Å². The number of carbonyl (C=O) groups is 1. The third-order valence-corrected chi connectivity index (χ3v) is 6.45. The van der Waals surface area contributed by atoms with E-state index in [4.69, 9.17) is 0 Å². The van der Waals surface area contributed by atoms with Crippen LogP contribution >= 0.6 is 0 Å². The molecule has 0 radical (unpaired) electrons. The van der Waals surface area contributed by atoms with Gasteiger partial charge in [0.1, 0.15) is 6.04 Å². The number of aryl methyl sites for hydroxylation is 2. The molecule has 5 nitrogen and oxygen atoms in total. The van der Waals surface area contributed by atoms with Crippen LogP contribution in [0.5, 0.6) is 0 Å². The van der Waals surface area contributed by atoms with Crippen LogP contribution in [0.15, 0.2) is 48.5 Å². The molecule has 1 saturated heterocycles. The van der Waals surface area contributed by atoms with Gasteiger partial charge in [-0.1, -0.05) is 42.5 Å². The molecule has 0 spiro atoms. The first-order valence-electron chi connectivity index (χ1n) is 8.73. The highest BCUT2D eigenvalue weighted by atomic mass is 32.2. The summed E-state index contributed by atoms with van der Waals surface area (Å²) in [5, 5.41) is 6.24. The van der Waals surface area contributed by atoms with Crippen molar-refractivity contribution in [3.05, 3.63) is 65.2 Å². The molecule has 2 aromatic rings. The second-order valence-electron chi connectivity index (χ2n) is 6.92. The molecule has 1 fully saturated rings. The number of anilines is 1. The van der Waals surface area contributed by atoms with Crippen molar-refractivity contribution in [2.75, 3.05) is 16.8 Å². The Morgan fingerprint density at radius 3 is 2.50 bits per heavy atom. The van der Waals surface area contributed by atoms with Crippen molar-refractivity contribution < 1.29 is 13.2 Å². The molecule has 6 heteroatoms. The Bertz CT molecular complexity index is 895. The van der Waals surface area contributed by atoms with E-state index in [-0.39, 0.29) is 23.5 Å². The summed E-state index contributed by atoms with van der Waals surface area (Å²) in [5.41, 5.74) is 3.65.